The third-order valence-corrected chi connectivity index (χ3v) is 23.6. The molecule has 6 heterocycles. The Bertz CT molecular complexity index is 4150. The Morgan fingerprint density at radius 3 is 0.906 bits per heavy atom. The number of ether oxygens (including phenoxy) is 5. The number of aliphatic hydroxyl groups excluding tert-OH is 1. The monoisotopic (exact) mass is 1670 g/mol. The number of aliphatic hydroxyl groups is 1. The lowest BCUT2D eigenvalue weighted by Gasteiger charge is -2.60. The molecule has 0 spiro atoms. The lowest BCUT2D eigenvalue weighted by atomic mass is 9.72. The normalized spacial score (nSPS) is 26.3. The number of esters is 2. The standard InChI is InChI=1S/2C29H32F6N2O4.C25H28F6N2O2/c2*1-19(22-13-24(28(30,31)32)15-25(14-22)29(33,34)35)40-18-27(23-7-5-4-6-8-23)10-9-26(17-41-21(3)39)16-36(27)11-12-37(26)20(2)38;1-17(18-11-20(24(26,27)28)13-21(12-18)25(29,30)31)35-16-23(19-5-3-2-4-6-19)8-7-22(15-34)14-33(23)10-9-32-22/h2*4-8,13-15,19H,9-12,16-18H2,1-3H3;2-6,11-13,17,32,34H,7-10,14-16H2,1H3/t2*19-,26-,27-;17-,22-,23-/m111/s1. The second-order valence-corrected chi connectivity index (χ2v) is 31.1. The molecule has 117 heavy (non-hydrogen) atoms. The van der Waals surface area contributed by atoms with E-state index in [0.717, 1.165) is 28.8 Å². The predicted molar refractivity (Wildman–Crippen MR) is 391 cm³/mol. The Hall–Kier alpha value is -8.38. The molecule has 0 aromatic heterocycles. The highest BCUT2D eigenvalue weighted by Crippen LogP contribution is 2.51. The van der Waals surface area contributed by atoms with Crippen LogP contribution in [0.3, 0.4) is 0 Å². The Morgan fingerprint density at radius 1 is 0.376 bits per heavy atom. The van der Waals surface area contributed by atoms with E-state index in [1.165, 1.54) is 48.5 Å². The fourth-order valence-corrected chi connectivity index (χ4v) is 17.1. The number of piperidine rings is 3. The molecule has 6 aromatic carbocycles. The molecule has 6 fully saturated rings. The van der Waals surface area contributed by atoms with E-state index in [4.69, 9.17) is 23.7 Å². The van der Waals surface area contributed by atoms with Crippen molar-refractivity contribution in [2.24, 2.45) is 0 Å². The summed E-state index contributed by atoms with van der Waals surface area (Å²) in [5.74, 6) is -1.26. The van der Waals surface area contributed by atoms with Crippen molar-refractivity contribution in [3.05, 3.63) is 212 Å². The van der Waals surface area contributed by atoms with E-state index in [1.54, 1.807) is 9.80 Å². The number of nitrogens with one attached hydrogen (secondary N) is 1. The average Bonchev–Trinajstić information content (AvgIpc) is 0.732. The van der Waals surface area contributed by atoms with Crippen LogP contribution in [-0.2, 0) is 96.5 Å². The van der Waals surface area contributed by atoms with Crippen molar-refractivity contribution in [2.75, 3.05) is 98.5 Å². The van der Waals surface area contributed by atoms with E-state index in [9.17, 15) is 103 Å². The number of piperazine rings is 3. The third-order valence-electron chi connectivity index (χ3n) is 23.6. The number of benzene rings is 6. The quantitative estimate of drug-likeness (QED) is 0.0548. The van der Waals surface area contributed by atoms with E-state index >= 15 is 0 Å². The van der Waals surface area contributed by atoms with Crippen LogP contribution in [0.2, 0.25) is 0 Å². The average molecular weight is 1680 g/mol. The summed E-state index contributed by atoms with van der Waals surface area (Å²) < 4.78 is 271. The summed E-state index contributed by atoms with van der Waals surface area (Å²) in [5.41, 5.74) is -10.5. The number of hydrogen-bond donors (Lipinski definition) is 2. The van der Waals surface area contributed by atoms with Crippen LogP contribution in [0.1, 0.15) is 172 Å². The summed E-state index contributed by atoms with van der Waals surface area (Å²) in [6.45, 7) is 13.9. The maximum absolute atomic E-state index is 13.5. The topological polar surface area (TPSA) is 163 Å². The van der Waals surface area contributed by atoms with Crippen molar-refractivity contribution in [1.29, 1.82) is 0 Å². The first kappa shape index (κ1) is 90.9. The number of rotatable bonds is 20. The van der Waals surface area contributed by atoms with Crippen molar-refractivity contribution in [3.63, 3.8) is 0 Å². The van der Waals surface area contributed by atoms with E-state index in [2.05, 4.69) is 20.0 Å². The van der Waals surface area contributed by atoms with E-state index in [0.29, 0.717) is 122 Å². The number of amides is 2. The number of fused-ring (bicyclic) bond motifs is 6. The highest BCUT2D eigenvalue weighted by atomic mass is 19.4. The predicted octanol–water partition coefficient (Wildman–Crippen LogP) is 17.0. The molecular formula is C83H92F18N6O10. The molecule has 0 saturated carbocycles. The molecule has 6 aliphatic rings. The molecule has 640 valence electrons. The first-order valence-corrected chi connectivity index (χ1v) is 37.9. The van der Waals surface area contributed by atoms with Gasteiger partial charge in [0.1, 0.15) is 13.2 Å². The van der Waals surface area contributed by atoms with Gasteiger partial charge in [-0.15, -0.1) is 0 Å². The highest BCUT2D eigenvalue weighted by Gasteiger charge is 2.58. The van der Waals surface area contributed by atoms with E-state index < -0.39 is 134 Å². The van der Waals surface area contributed by atoms with E-state index in [-0.39, 0.29) is 86.3 Å². The van der Waals surface area contributed by atoms with Crippen molar-refractivity contribution in [1.82, 2.24) is 29.8 Å². The molecule has 0 radical (unpaired) electrons. The molecule has 16 nitrogen and oxygen atoms in total. The van der Waals surface area contributed by atoms with Gasteiger partial charge in [0.25, 0.3) is 0 Å². The fourth-order valence-electron chi connectivity index (χ4n) is 17.1. The van der Waals surface area contributed by atoms with Crippen LogP contribution in [0.15, 0.2) is 146 Å². The SMILES string of the molecule is CC(=O)OC[C@]12CC[C@@](CO[C@H](C)c3cc(C(F)(F)F)cc(C(F)(F)F)c3)(c3ccccc3)N(CCN1C(C)=O)C2.CC(=O)OC[C@]12CC[C@@](CO[C@H](C)c3cc(C(F)(F)F)cc(C(F)(F)F)c3)(c3ccccc3)N(CCN1C(C)=O)C2.C[C@@H](OC[C@@]1(c2ccccc2)CC[C@]2(CO)CN1CCN2)c1cc(C(F)(F)F)cc(C(F)(F)F)c1. The molecule has 12 atom stereocenters. The summed E-state index contributed by atoms with van der Waals surface area (Å²) in [4.78, 5) is 58.2. The molecule has 34 heteroatoms. The van der Waals surface area contributed by atoms with Crippen molar-refractivity contribution in [2.45, 2.75) is 176 Å². The second-order valence-electron chi connectivity index (χ2n) is 31.1. The maximum Gasteiger partial charge on any atom is 0.416 e. The fraction of sp³-hybridized carbons (Fsp3) is 0.518. The number of hydrogen-bond acceptors (Lipinski definition) is 14. The van der Waals surface area contributed by atoms with Gasteiger partial charge in [0.15, 0.2) is 0 Å². The number of carbonyl (C=O) groups excluding carboxylic acids is 4. The van der Waals surface area contributed by atoms with Gasteiger partial charge in [0, 0.05) is 86.6 Å². The van der Waals surface area contributed by atoms with Crippen LogP contribution >= 0.6 is 0 Å². The molecule has 2 amide bonds. The molecule has 6 bridgehead atoms. The molecule has 12 rings (SSSR count). The van der Waals surface area contributed by atoms with Crippen LogP contribution < -0.4 is 5.32 Å². The summed E-state index contributed by atoms with van der Waals surface area (Å²) in [5, 5.41) is 13.4. The zero-order valence-electron chi connectivity index (χ0n) is 65.1. The van der Waals surface area contributed by atoms with Gasteiger partial charge < -0.3 is 43.9 Å². The zero-order valence-corrected chi connectivity index (χ0v) is 65.1. The second kappa shape index (κ2) is 35.1. The molecule has 6 aromatic rings. The summed E-state index contributed by atoms with van der Waals surface area (Å²) in [7, 11) is 0. The number of nitrogens with zero attached hydrogens (tertiary/aromatic N) is 5. The first-order chi connectivity index (χ1) is 54.5. The Morgan fingerprint density at radius 2 is 0.650 bits per heavy atom. The van der Waals surface area contributed by atoms with Crippen LogP contribution in [0.25, 0.3) is 0 Å². The lowest BCUT2D eigenvalue weighted by Crippen LogP contribution is -2.73. The molecule has 0 aliphatic carbocycles. The summed E-state index contributed by atoms with van der Waals surface area (Å²) in [6.07, 6.45) is -29.9. The zero-order chi connectivity index (χ0) is 85.9. The van der Waals surface area contributed by atoms with Gasteiger partial charge in [-0.25, -0.2) is 0 Å². The van der Waals surface area contributed by atoms with Gasteiger partial charge in [0.05, 0.1) is 111 Å². The highest BCUT2D eigenvalue weighted by molar-refractivity contribution is 5.75. The van der Waals surface area contributed by atoms with Crippen LogP contribution in [0.4, 0.5) is 79.0 Å². The van der Waals surface area contributed by atoms with Gasteiger partial charge in [-0.1, -0.05) is 91.0 Å². The van der Waals surface area contributed by atoms with E-state index in [1.807, 2.05) is 91.0 Å². The van der Waals surface area contributed by atoms with Gasteiger partial charge in [-0.3, -0.25) is 33.9 Å². The van der Waals surface area contributed by atoms with Crippen LogP contribution in [0.5, 0.6) is 0 Å². The minimum Gasteiger partial charge on any atom is -0.463 e. The Labute approximate surface area is 664 Å². The molecule has 2 N–H and O–H groups in total. The van der Waals surface area contributed by atoms with Gasteiger partial charge in [0.2, 0.25) is 11.8 Å². The molecule has 6 saturated heterocycles. The molecule has 6 aliphatic heterocycles. The van der Waals surface area contributed by atoms with Gasteiger partial charge in [-0.05, 0) is 147 Å². The van der Waals surface area contributed by atoms with Gasteiger partial charge >= 0.3 is 49.0 Å². The number of halogens is 18. The summed E-state index contributed by atoms with van der Waals surface area (Å²) in [6, 6.07) is 32.7. The number of carbonyl (C=O) groups is 4. The van der Waals surface area contributed by atoms with Crippen LogP contribution in [-0.4, -0.2) is 169 Å². The van der Waals surface area contributed by atoms with Crippen LogP contribution in [0, 0.1) is 0 Å². The lowest BCUT2D eigenvalue weighted by molar-refractivity contribution is -0.175. The largest absolute Gasteiger partial charge is 0.463 e. The first-order valence-electron chi connectivity index (χ1n) is 37.9. The minimum atomic E-state index is -4.97. The Kier molecular flexibility index (Phi) is 27.3. The van der Waals surface area contributed by atoms with Crippen molar-refractivity contribution >= 4 is 23.8 Å². The van der Waals surface area contributed by atoms with Crippen molar-refractivity contribution < 1.29 is 127 Å². The molecular weight excluding hydrogens is 1580 g/mol. The minimum absolute atomic E-state index is 0.00496. The Balaban J connectivity index is 0.000000186. The smallest absolute Gasteiger partial charge is 0.416 e. The maximum atomic E-state index is 13.5. The molecule has 3 unspecified atom stereocenters. The third kappa shape index (κ3) is 20.6. The van der Waals surface area contributed by atoms with Crippen molar-refractivity contribution in [3.8, 4) is 0 Å². The summed E-state index contributed by atoms with van der Waals surface area (Å²) >= 11 is 0. The van der Waals surface area contributed by atoms with Gasteiger partial charge in [-0.2, -0.15) is 79.0 Å². The number of alkyl halides is 18.